The van der Waals surface area contributed by atoms with Gasteiger partial charge < -0.3 is 10.6 Å². The molecule has 0 atom stereocenters. The summed E-state index contributed by atoms with van der Waals surface area (Å²) in [4.78, 5) is 0. The molecule has 3 nitrogen and oxygen atoms in total. The third-order valence-electron chi connectivity index (χ3n) is 2.28. The van der Waals surface area contributed by atoms with Gasteiger partial charge in [0, 0.05) is 23.8 Å². The zero-order chi connectivity index (χ0) is 10.0. The molecule has 0 spiro atoms. The summed E-state index contributed by atoms with van der Waals surface area (Å²) in [5.74, 6) is 0. The van der Waals surface area contributed by atoms with E-state index in [1.54, 1.807) is 0 Å². The standard InChI is InChI=1S/C10H10ClN3/c11-8-2-1-3-9(4-8)14-10(5-12)6-13-7-10/h1-4,13-14H,6-7H2. The van der Waals surface area contributed by atoms with Crippen molar-refractivity contribution in [3.05, 3.63) is 29.3 Å². The Balaban J connectivity index is 2.14. The third-order valence-corrected chi connectivity index (χ3v) is 2.51. The molecular formula is C10H10ClN3. The SMILES string of the molecule is N#CC1(Nc2cccc(Cl)c2)CNC1. The van der Waals surface area contributed by atoms with Gasteiger partial charge in [0.05, 0.1) is 6.07 Å². The van der Waals surface area contributed by atoms with Crippen molar-refractivity contribution < 1.29 is 0 Å². The predicted molar refractivity (Wildman–Crippen MR) is 56.3 cm³/mol. The summed E-state index contributed by atoms with van der Waals surface area (Å²) >= 11 is 5.84. The van der Waals surface area contributed by atoms with Gasteiger partial charge in [-0.05, 0) is 18.2 Å². The van der Waals surface area contributed by atoms with Crippen molar-refractivity contribution in [2.75, 3.05) is 18.4 Å². The highest BCUT2D eigenvalue weighted by Crippen LogP contribution is 2.21. The summed E-state index contributed by atoms with van der Waals surface area (Å²) in [6, 6.07) is 9.66. The van der Waals surface area contributed by atoms with E-state index in [2.05, 4.69) is 16.7 Å². The fourth-order valence-electron chi connectivity index (χ4n) is 1.41. The van der Waals surface area contributed by atoms with Crippen LogP contribution in [0.1, 0.15) is 0 Å². The van der Waals surface area contributed by atoms with Crippen molar-refractivity contribution in [1.29, 1.82) is 5.26 Å². The Kier molecular flexibility index (Phi) is 2.32. The molecule has 14 heavy (non-hydrogen) atoms. The number of nitriles is 1. The fraction of sp³-hybridized carbons (Fsp3) is 0.300. The van der Waals surface area contributed by atoms with Gasteiger partial charge in [-0.1, -0.05) is 17.7 Å². The lowest BCUT2D eigenvalue weighted by molar-refractivity contribution is 0.387. The van der Waals surface area contributed by atoms with Crippen LogP contribution >= 0.6 is 11.6 Å². The van der Waals surface area contributed by atoms with Crippen LogP contribution in [0.3, 0.4) is 0 Å². The van der Waals surface area contributed by atoms with Crippen molar-refractivity contribution in [1.82, 2.24) is 5.32 Å². The highest BCUT2D eigenvalue weighted by Gasteiger charge is 2.36. The van der Waals surface area contributed by atoms with Crippen LogP contribution in [-0.2, 0) is 0 Å². The first-order chi connectivity index (χ1) is 6.74. The molecule has 4 heteroatoms. The molecule has 0 aliphatic carbocycles. The maximum absolute atomic E-state index is 8.98. The minimum atomic E-state index is -0.454. The summed E-state index contributed by atoms with van der Waals surface area (Å²) in [5.41, 5.74) is 0.436. The van der Waals surface area contributed by atoms with Crippen molar-refractivity contribution in [3.8, 4) is 6.07 Å². The van der Waals surface area contributed by atoms with E-state index in [4.69, 9.17) is 16.9 Å². The van der Waals surface area contributed by atoms with Gasteiger partial charge in [0.25, 0.3) is 0 Å². The van der Waals surface area contributed by atoms with Crippen LogP contribution in [0.5, 0.6) is 0 Å². The molecule has 1 aromatic carbocycles. The summed E-state index contributed by atoms with van der Waals surface area (Å²) < 4.78 is 0. The average Bonchev–Trinajstić information content (AvgIpc) is 2.11. The number of hydrogen-bond donors (Lipinski definition) is 2. The number of benzene rings is 1. The average molecular weight is 208 g/mol. The Morgan fingerprint density at radius 3 is 2.79 bits per heavy atom. The van der Waals surface area contributed by atoms with Crippen LogP contribution < -0.4 is 10.6 Å². The molecule has 0 amide bonds. The maximum Gasteiger partial charge on any atom is 0.150 e. The first kappa shape index (κ1) is 9.32. The van der Waals surface area contributed by atoms with Gasteiger partial charge in [0.1, 0.15) is 5.54 Å². The van der Waals surface area contributed by atoms with Gasteiger partial charge in [-0.2, -0.15) is 5.26 Å². The summed E-state index contributed by atoms with van der Waals surface area (Å²) in [6.07, 6.45) is 0. The van der Waals surface area contributed by atoms with Crippen LogP contribution in [0.4, 0.5) is 5.69 Å². The lowest BCUT2D eigenvalue weighted by Gasteiger charge is -2.37. The molecule has 1 heterocycles. The minimum Gasteiger partial charge on any atom is -0.365 e. The maximum atomic E-state index is 8.98. The second kappa shape index (κ2) is 3.49. The highest BCUT2D eigenvalue weighted by atomic mass is 35.5. The van der Waals surface area contributed by atoms with Crippen molar-refractivity contribution in [2.45, 2.75) is 5.54 Å². The van der Waals surface area contributed by atoms with Gasteiger partial charge in [0.15, 0.2) is 0 Å². The molecule has 1 aromatic rings. The van der Waals surface area contributed by atoms with Gasteiger partial charge in [0.2, 0.25) is 0 Å². The second-order valence-corrected chi connectivity index (χ2v) is 3.87. The monoisotopic (exact) mass is 207 g/mol. The fourth-order valence-corrected chi connectivity index (χ4v) is 1.60. The lowest BCUT2D eigenvalue weighted by Crippen LogP contribution is -2.63. The quantitative estimate of drug-likeness (QED) is 0.775. The molecule has 2 rings (SSSR count). The molecule has 1 saturated heterocycles. The van der Waals surface area contributed by atoms with Gasteiger partial charge in [-0.3, -0.25) is 0 Å². The Bertz CT molecular complexity index is 379. The number of nitrogens with one attached hydrogen (secondary N) is 2. The lowest BCUT2D eigenvalue weighted by atomic mass is 9.94. The Morgan fingerprint density at radius 2 is 2.29 bits per heavy atom. The van der Waals surface area contributed by atoms with Crippen LogP contribution in [0.2, 0.25) is 5.02 Å². The molecule has 0 saturated carbocycles. The van der Waals surface area contributed by atoms with Crippen molar-refractivity contribution in [2.24, 2.45) is 0 Å². The number of rotatable bonds is 2. The number of nitrogens with zero attached hydrogens (tertiary/aromatic N) is 1. The molecule has 0 aromatic heterocycles. The number of hydrogen-bond acceptors (Lipinski definition) is 3. The molecule has 1 aliphatic rings. The summed E-state index contributed by atoms with van der Waals surface area (Å²) in [7, 11) is 0. The molecular weight excluding hydrogens is 198 g/mol. The van der Waals surface area contributed by atoms with E-state index in [-0.39, 0.29) is 0 Å². The first-order valence-electron chi connectivity index (χ1n) is 4.40. The Hall–Kier alpha value is -1.24. The molecule has 0 radical (unpaired) electrons. The number of anilines is 1. The molecule has 0 unspecified atom stereocenters. The largest absolute Gasteiger partial charge is 0.365 e. The Morgan fingerprint density at radius 1 is 1.50 bits per heavy atom. The van der Waals surface area contributed by atoms with Gasteiger partial charge in [-0.15, -0.1) is 0 Å². The third kappa shape index (κ3) is 1.67. The van der Waals surface area contributed by atoms with Gasteiger partial charge in [-0.25, -0.2) is 0 Å². The molecule has 72 valence electrons. The predicted octanol–water partition coefficient (Wildman–Crippen LogP) is 1.62. The van der Waals surface area contributed by atoms with E-state index >= 15 is 0 Å². The molecule has 1 aliphatic heterocycles. The number of halogens is 1. The second-order valence-electron chi connectivity index (χ2n) is 3.43. The van der Waals surface area contributed by atoms with Crippen LogP contribution in [0, 0.1) is 11.3 Å². The normalized spacial score (nSPS) is 18.0. The van der Waals surface area contributed by atoms with E-state index in [0.717, 1.165) is 5.69 Å². The van der Waals surface area contributed by atoms with Crippen LogP contribution in [-0.4, -0.2) is 18.6 Å². The molecule has 0 bridgehead atoms. The van der Waals surface area contributed by atoms with E-state index in [9.17, 15) is 0 Å². The zero-order valence-corrected chi connectivity index (χ0v) is 8.30. The topological polar surface area (TPSA) is 47.9 Å². The van der Waals surface area contributed by atoms with Crippen LogP contribution in [0.15, 0.2) is 24.3 Å². The summed E-state index contributed by atoms with van der Waals surface area (Å²) in [5, 5.41) is 15.9. The van der Waals surface area contributed by atoms with Crippen molar-refractivity contribution in [3.63, 3.8) is 0 Å². The van der Waals surface area contributed by atoms with Crippen molar-refractivity contribution >= 4 is 17.3 Å². The smallest absolute Gasteiger partial charge is 0.150 e. The Labute approximate surface area is 87.7 Å². The first-order valence-corrected chi connectivity index (χ1v) is 4.78. The molecule has 1 fully saturated rings. The van der Waals surface area contributed by atoms with E-state index < -0.39 is 5.54 Å². The van der Waals surface area contributed by atoms with E-state index in [0.29, 0.717) is 18.1 Å². The van der Waals surface area contributed by atoms with E-state index in [1.807, 2.05) is 24.3 Å². The summed E-state index contributed by atoms with van der Waals surface area (Å²) in [6.45, 7) is 1.35. The highest BCUT2D eigenvalue weighted by molar-refractivity contribution is 6.30. The van der Waals surface area contributed by atoms with Crippen LogP contribution in [0.25, 0.3) is 0 Å². The zero-order valence-electron chi connectivity index (χ0n) is 7.55. The minimum absolute atomic E-state index is 0.454. The van der Waals surface area contributed by atoms with Gasteiger partial charge >= 0.3 is 0 Å². The molecule has 2 N–H and O–H groups in total. The van der Waals surface area contributed by atoms with E-state index in [1.165, 1.54) is 0 Å².